The number of ether oxygens (including phenoxy) is 1. The third-order valence-electron chi connectivity index (χ3n) is 2.18. The zero-order valence-electron chi connectivity index (χ0n) is 10.2. The average Bonchev–Trinajstić information content (AvgIpc) is 2.11. The van der Waals surface area contributed by atoms with E-state index < -0.39 is 5.60 Å². The normalized spacial score (nSPS) is 11.5. The van der Waals surface area contributed by atoms with Gasteiger partial charge in [-0.3, -0.25) is 4.79 Å². The first-order valence-electron chi connectivity index (χ1n) is 5.83. The van der Waals surface area contributed by atoms with Crippen molar-refractivity contribution in [3.8, 4) is 0 Å². The molecule has 0 aliphatic heterocycles. The van der Waals surface area contributed by atoms with E-state index in [1.807, 2.05) is 0 Å². The lowest BCUT2D eigenvalue weighted by Crippen LogP contribution is -2.19. The van der Waals surface area contributed by atoms with E-state index in [0.717, 1.165) is 25.7 Å². The molecule has 15 heavy (non-hydrogen) atoms. The first kappa shape index (κ1) is 14.4. The first-order valence-corrected chi connectivity index (χ1v) is 5.83. The second kappa shape index (κ2) is 7.69. The lowest BCUT2D eigenvalue weighted by atomic mass is 10.0. The van der Waals surface area contributed by atoms with Gasteiger partial charge >= 0.3 is 5.97 Å². The molecule has 0 heterocycles. The van der Waals surface area contributed by atoms with E-state index in [4.69, 9.17) is 4.74 Å². The summed E-state index contributed by atoms with van der Waals surface area (Å²) in [4.78, 5) is 11.2. The molecule has 1 N–H and O–H groups in total. The van der Waals surface area contributed by atoms with Crippen molar-refractivity contribution in [1.82, 2.24) is 0 Å². The predicted octanol–water partition coefficient (Wildman–Crippen LogP) is 2.66. The first-order chi connectivity index (χ1) is 6.95. The van der Waals surface area contributed by atoms with Gasteiger partial charge in [-0.2, -0.15) is 0 Å². The van der Waals surface area contributed by atoms with E-state index in [1.165, 1.54) is 0 Å². The zero-order valence-corrected chi connectivity index (χ0v) is 10.2. The topological polar surface area (TPSA) is 46.5 Å². The van der Waals surface area contributed by atoms with Crippen molar-refractivity contribution >= 4 is 5.97 Å². The SMILES string of the molecule is CCCCCC(=O)OCCCC(C)(C)O. The largest absolute Gasteiger partial charge is 0.466 e. The number of carbonyl (C=O) groups excluding carboxylic acids is 1. The summed E-state index contributed by atoms with van der Waals surface area (Å²) in [5, 5.41) is 9.42. The maximum Gasteiger partial charge on any atom is 0.305 e. The Morgan fingerprint density at radius 1 is 1.27 bits per heavy atom. The molecule has 0 radical (unpaired) electrons. The van der Waals surface area contributed by atoms with Crippen LogP contribution < -0.4 is 0 Å². The Morgan fingerprint density at radius 3 is 2.47 bits per heavy atom. The van der Waals surface area contributed by atoms with E-state index >= 15 is 0 Å². The highest BCUT2D eigenvalue weighted by Crippen LogP contribution is 2.10. The second-order valence-corrected chi connectivity index (χ2v) is 4.59. The molecule has 0 bridgehead atoms. The van der Waals surface area contributed by atoms with Crippen LogP contribution in [0, 0.1) is 0 Å². The zero-order chi connectivity index (χ0) is 11.7. The van der Waals surface area contributed by atoms with Crippen molar-refractivity contribution in [3.05, 3.63) is 0 Å². The van der Waals surface area contributed by atoms with Crippen molar-refractivity contribution in [1.29, 1.82) is 0 Å². The minimum absolute atomic E-state index is 0.112. The molecule has 0 unspecified atom stereocenters. The molecule has 0 atom stereocenters. The summed E-state index contributed by atoms with van der Waals surface area (Å²) < 4.78 is 5.03. The Morgan fingerprint density at radius 2 is 1.93 bits per heavy atom. The summed E-state index contributed by atoms with van der Waals surface area (Å²) in [5.41, 5.74) is -0.658. The summed E-state index contributed by atoms with van der Waals surface area (Å²) in [5.74, 6) is -0.112. The molecule has 0 aromatic rings. The van der Waals surface area contributed by atoms with Crippen LogP contribution in [0.1, 0.15) is 59.3 Å². The van der Waals surface area contributed by atoms with Crippen molar-refractivity contribution < 1.29 is 14.6 Å². The van der Waals surface area contributed by atoms with Crippen molar-refractivity contribution in [2.75, 3.05) is 6.61 Å². The third-order valence-corrected chi connectivity index (χ3v) is 2.18. The smallest absolute Gasteiger partial charge is 0.305 e. The fraction of sp³-hybridized carbons (Fsp3) is 0.917. The minimum Gasteiger partial charge on any atom is -0.466 e. The number of aliphatic hydroxyl groups is 1. The van der Waals surface area contributed by atoms with Gasteiger partial charge in [0.1, 0.15) is 0 Å². The standard InChI is InChI=1S/C12H24O3/c1-4-5-6-8-11(13)15-10-7-9-12(2,3)14/h14H,4-10H2,1-3H3. The van der Waals surface area contributed by atoms with Crippen LogP contribution in [0.2, 0.25) is 0 Å². The molecule has 3 nitrogen and oxygen atoms in total. The van der Waals surface area contributed by atoms with Gasteiger partial charge in [0.05, 0.1) is 12.2 Å². The number of hydrogen-bond donors (Lipinski definition) is 1. The predicted molar refractivity (Wildman–Crippen MR) is 60.6 cm³/mol. The summed E-state index contributed by atoms with van der Waals surface area (Å²) in [6.45, 7) is 6.05. The lowest BCUT2D eigenvalue weighted by Gasteiger charge is -2.16. The highest BCUT2D eigenvalue weighted by Gasteiger charge is 2.11. The molecule has 3 heteroatoms. The van der Waals surface area contributed by atoms with Crippen LogP contribution in [0.5, 0.6) is 0 Å². The summed E-state index contributed by atoms with van der Waals surface area (Å²) in [6.07, 6.45) is 5.03. The molecule has 0 saturated carbocycles. The van der Waals surface area contributed by atoms with E-state index in [0.29, 0.717) is 19.4 Å². The lowest BCUT2D eigenvalue weighted by molar-refractivity contribution is -0.144. The van der Waals surface area contributed by atoms with Crippen LogP contribution >= 0.6 is 0 Å². The monoisotopic (exact) mass is 216 g/mol. The van der Waals surface area contributed by atoms with Crippen LogP contribution in [0.3, 0.4) is 0 Å². The Balaban J connectivity index is 3.32. The van der Waals surface area contributed by atoms with Gasteiger partial charge < -0.3 is 9.84 Å². The van der Waals surface area contributed by atoms with E-state index in [9.17, 15) is 9.90 Å². The van der Waals surface area contributed by atoms with Gasteiger partial charge in [0, 0.05) is 6.42 Å². The number of esters is 1. The number of unbranched alkanes of at least 4 members (excludes halogenated alkanes) is 2. The highest BCUT2D eigenvalue weighted by atomic mass is 16.5. The molecule has 0 spiro atoms. The van der Waals surface area contributed by atoms with Crippen LogP contribution in [-0.4, -0.2) is 23.3 Å². The van der Waals surface area contributed by atoms with Crippen LogP contribution in [-0.2, 0) is 9.53 Å². The summed E-state index contributed by atoms with van der Waals surface area (Å²) in [7, 11) is 0. The maximum atomic E-state index is 11.2. The number of hydrogen-bond acceptors (Lipinski definition) is 3. The Bertz CT molecular complexity index is 170. The molecular formula is C12H24O3. The third kappa shape index (κ3) is 11.4. The fourth-order valence-electron chi connectivity index (χ4n) is 1.28. The van der Waals surface area contributed by atoms with E-state index in [1.54, 1.807) is 13.8 Å². The molecule has 0 aromatic carbocycles. The van der Waals surface area contributed by atoms with Gasteiger partial charge in [0.2, 0.25) is 0 Å². The van der Waals surface area contributed by atoms with Crippen molar-refractivity contribution in [3.63, 3.8) is 0 Å². The van der Waals surface area contributed by atoms with Gasteiger partial charge in [-0.05, 0) is 33.1 Å². The molecule has 0 aliphatic carbocycles. The Labute approximate surface area is 92.8 Å². The van der Waals surface area contributed by atoms with Gasteiger partial charge in [-0.25, -0.2) is 0 Å². The number of carbonyl (C=O) groups is 1. The average molecular weight is 216 g/mol. The Hall–Kier alpha value is -0.570. The molecule has 0 rings (SSSR count). The minimum atomic E-state index is -0.658. The molecule has 0 fully saturated rings. The highest BCUT2D eigenvalue weighted by molar-refractivity contribution is 5.69. The fourth-order valence-corrected chi connectivity index (χ4v) is 1.28. The summed E-state index contributed by atoms with van der Waals surface area (Å²) in [6, 6.07) is 0. The van der Waals surface area contributed by atoms with E-state index in [2.05, 4.69) is 6.92 Å². The van der Waals surface area contributed by atoms with E-state index in [-0.39, 0.29) is 5.97 Å². The van der Waals surface area contributed by atoms with Crippen molar-refractivity contribution in [2.45, 2.75) is 64.9 Å². The van der Waals surface area contributed by atoms with Crippen LogP contribution in [0.15, 0.2) is 0 Å². The van der Waals surface area contributed by atoms with Gasteiger partial charge in [0.25, 0.3) is 0 Å². The second-order valence-electron chi connectivity index (χ2n) is 4.59. The Kier molecular flexibility index (Phi) is 7.39. The molecule has 90 valence electrons. The van der Waals surface area contributed by atoms with Crippen molar-refractivity contribution in [2.24, 2.45) is 0 Å². The molecule has 0 aliphatic rings. The van der Waals surface area contributed by atoms with Gasteiger partial charge in [-0.15, -0.1) is 0 Å². The molecule has 0 aromatic heterocycles. The van der Waals surface area contributed by atoms with Gasteiger partial charge in [-0.1, -0.05) is 19.8 Å². The quantitative estimate of drug-likeness (QED) is 0.501. The summed E-state index contributed by atoms with van der Waals surface area (Å²) >= 11 is 0. The molecule has 0 saturated heterocycles. The molecule has 0 amide bonds. The maximum absolute atomic E-state index is 11.2. The van der Waals surface area contributed by atoms with Gasteiger partial charge in [0.15, 0.2) is 0 Å². The molecular weight excluding hydrogens is 192 g/mol. The van der Waals surface area contributed by atoms with Crippen LogP contribution in [0.4, 0.5) is 0 Å². The number of rotatable bonds is 8. The van der Waals surface area contributed by atoms with Crippen LogP contribution in [0.25, 0.3) is 0 Å².